The average molecular weight is 544 g/mol. The molecule has 0 heterocycles. The van der Waals surface area contributed by atoms with Gasteiger partial charge in [0.25, 0.3) is 0 Å². The van der Waals surface area contributed by atoms with E-state index in [1.54, 1.807) is 0 Å². The van der Waals surface area contributed by atoms with Crippen LogP contribution < -0.4 is 30.6 Å². The summed E-state index contributed by atoms with van der Waals surface area (Å²) in [5.41, 5.74) is 0. The molecule has 0 saturated carbocycles. The van der Waals surface area contributed by atoms with Crippen molar-refractivity contribution in [2.75, 3.05) is 0 Å². The molecular formula is C12H6O12Ru2. The van der Waals surface area contributed by atoms with Crippen molar-refractivity contribution in [1.82, 2.24) is 0 Å². The van der Waals surface area contributed by atoms with Crippen LogP contribution in [-0.4, -0.2) is 35.8 Å². The molecule has 0 fully saturated rings. The van der Waals surface area contributed by atoms with E-state index in [4.69, 9.17) is 0 Å². The fourth-order valence-electron chi connectivity index (χ4n) is 0.408. The monoisotopic (exact) mass is 546 g/mol. The molecule has 0 amide bonds. The van der Waals surface area contributed by atoms with Gasteiger partial charge in [0.15, 0.2) is 0 Å². The number of aliphatic carboxylic acids is 6. The van der Waals surface area contributed by atoms with Gasteiger partial charge < -0.3 is 59.4 Å². The third-order valence-electron chi connectivity index (χ3n) is 1.07. The Balaban J connectivity index is -0.0000000817. The Kier molecular flexibility index (Phi) is 29.6. The Bertz CT molecular complexity index is 448. The van der Waals surface area contributed by atoms with Gasteiger partial charge in [0.05, 0.1) is 35.8 Å². The summed E-state index contributed by atoms with van der Waals surface area (Å²) in [5.74, 6) is -9.28. The smallest absolute Gasteiger partial charge is 0.545 e. The molecule has 0 bridgehead atoms. The molecule has 14 heteroatoms. The Morgan fingerprint density at radius 2 is 0.423 bits per heavy atom. The molecule has 0 aliphatic carbocycles. The van der Waals surface area contributed by atoms with Gasteiger partial charge in [-0.25, -0.2) is 0 Å². The molecule has 0 aliphatic heterocycles. The zero-order chi connectivity index (χ0) is 19.7. The fourth-order valence-corrected chi connectivity index (χ4v) is 0.408. The van der Waals surface area contributed by atoms with Crippen LogP contribution in [0.25, 0.3) is 0 Å². The summed E-state index contributed by atoms with van der Waals surface area (Å²) in [6.07, 6.45) is 2.31. The first-order valence-electron chi connectivity index (χ1n) is 5.18. The van der Waals surface area contributed by atoms with Gasteiger partial charge >= 0.3 is 39.0 Å². The van der Waals surface area contributed by atoms with Crippen LogP contribution >= 0.6 is 0 Å². The molecule has 0 atom stereocenters. The van der Waals surface area contributed by atoms with E-state index in [1.807, 2.05) is 0 Å². The average Bonchev–Trinajstić information content (AvgIpc) is 2.42. The Hall–Kier alpha value is -2.71. The Labute approximate surface area is 170 Å². The molecule has 0 saturated heterocycles. The van der Waals surface area contributed by atoms with Gasteiger partial charge in [-0.3, -0.25) is 0 Å². The third-order valence-corrected chi connectivity index (χ3v) is 1.07. The van der Waals surface area contributed by atoms with E-state index in [9.17, 15) is 59.4 Å². The van der Waals surface area contributed by atoms with Gasteiger partial charge in [0.1, 0.15) is 0 Å². The molecular weight excluding hydrogens is 538 g/mol. The van der Waals surface area contributed by atoms with E-state index in [2.05, 4.69) is 0 Å². The minimum atomic E-state index is -1.55. The van der Waals surface area contributed by atoms with Gasteiger partial charge in [-0.05, 0) is 36.5 Å². The number of carboxylic acid groups (broad SMARTS) is 6. The van der Waals surface area contributed by atoms with E-state index >= 15 is 0 Å². The minimum absolute atomic E-state index is 0. The number of carboxylic acids is 6. The molecule has 0 aliphatic rings. The number of hydrogen-bond acceptors (Lipinski definition) is 12. The van der Waals surface area contributed by atoms with Crippen LogP contribution in [0.2, 0.25) is 0 Å². The minimum Gasteiger partial charge on any atom is -0.545 e. The largest absolute Gasteiger partial charge is 3.00 e. The quantitative estimate of drug-likeness (QED) is 0.224. The molecule has 0 aromatic carbocycles. The summed E-state index contributed by atoms with van der Waals surface area (Å²) in [6, 6.07) is 0. The summed E-state index contributed by atoms with van der Waals surface area (Å²) in [6.45, 7) is 0. The van der Waals surface area contributed by atoms with Gasteiger partial charge in [0.2, 0.25) is 0 Å². The molecule has 0 N–H and O–H groups in total. The predicted octanol–water partition coefficient (Wildman–Crippen LogP) is -8.88. The van der Waals surface area contributed by atoms with Crippen LogP contribution in [0.5, 0.6) is 0 Å². The van der Waals surface area contributed by atoms with E-state index in [0.717, 1.165) is 0 Å². The van der Waals surface area contributed by atoms with E-state index in [0.29, 0.717) is 36.5 Å². The summed E-state index contributed by atoms with van der Waals surface area (Å²) in [4.78, 5) is 56.5. The molecule has 2 radical (unpaired) electrons. The van der Waals surface area contributed by atoms with Crippen LogP contribution in [0.4, 0.5) is 0 Å². The van der Waals surface area contributed by atoms with Gasteiger partial charge in [0, 0.05) is 0 Å². The van der Waals surface area contributed by atoms with Crippen molar-refractivity contribution < 1.29 is 98.4 Å². The zero-order valence-corrected chi connectivity index (χ0v) is 15.5. The number of carbonyl (C=O) groups excluding carboxylic acids is 6. The molecule has 142 valence electrons. The summed E-state index contributed by atoms with van der Waals surface area (Å²) in [5, 5.41) is 56.5. The second-order valence-electron chi connectivity index (χ2n) is 2.91. The van der Waals surface area contributed by atoms with Crippen molar-refractivity contribution in [2.24, 2.45) is 0 Å². The standard InChI is InChI=1S/3C4H4O4.2Ru/c3*5-3(6)1-2-4(7)8;;/h3*1-2H,(H,5,6)(H,7,8);;/q;;;2*+3/p-6. The van der Waals surface area contributed by atoms with Crippen molar-refractivity contribution in [1.29, 1.82) is 0 Å². The summed E-state index contributed by atoms with van der Waals surface area (Å²) >= 11 is 0. The van der Waals surface area contributed by atoms with Gasteiger partial charge in [-0.15, -0.1) is 0 Å². The Morgan fingerprint density at radius 1 is 0.346 bits per heavy atom. The van der Waals surface area contributed by atoms with E-state index in [-0.39, 0.29) is 39.0 Å². The maximum absolute atomic E-state index is 9.41. The number of hydrogen-bond donors (Lipinski definition) is 0. The first kappa shape index (κ1) is 34.6. The van der Waals surface area contributed by atoms with Crippen molar-refractivity contribution in [3.05, 3.63) is 36.5 Å². The number of rotatable bonds is 6. The van der Waals surface area contributed by atoms with Crippen molar-refractivity contribution in [3.63, 3.8) is 0 Å². The summed E-state index contributed by atoms with van der Waals surface area (Å²) < 4.78 is 0. The van der Waals surface area contributed by atoms with Crippen molar-refractivity contribution >= 4 is 35.8 Å². The SMILES string of the molecule is O=C([O-])C=CC(=O)[O-].O=C([O-])C=CC(=O)[O-].O=C([O-])C=CC(=O)[O-].[Ru+3].[Ru+3]. The molecule has 12 nitrogen and oxygen atoms in total. The van der Waals surface area contributed by atoms with Crippen molar-refractivity contribution in [3.8, 4) is 0 Å². The van der Waals surface area contributed by atoms with Gasteiger partial charge in [-0.2, -0.15) is 0 Å². The summed E-state index contributed by atoms with van der Waals surface area (Å²) in [7, 11) is 0. The van der Waals surface area contributed by atoms with Crippen LogP contribution in [0.1, 0.15) is 0 Å². The third kappa shape index (κ3) is 58.0. The molecule has 0 aromatic rings. The normalized spacial score (nSPS) is 8.77. The topological polar surface area (TPSA) is 241 Å². The van der Waals surface area contributed by atoms with Gasteiger partial charge in [-0.1, -0.05) is 0 Å². The number of carbonyl (C=O) groups is 6. The second kappa shape index (κ2) is 22.3. The molecule has 0 rings (SSSR count). The van der Waals surface area contributed by atoms with Crippen molar-refractivity contribution in [2.45, 2.75) is 0 Å². The Morgan fingerprint density at radius 3 is 0.462 bits per heavy atom. The first-order chi connectivity index (χ1) is 10.9. The van der Waals surface area contributed by atoms with Crippen LogP contribution in [0.15, 0.2) is 36.5 Å². The fraction of sp³-hybridized carbons (Fsp3) is 0. The second-order valence-corrected chi connectivity index (χ2v) is 2.91. The molecule has 0 aromatic heterocycles. The van der Waals surface area contributed by atoms with Crippen LogP contribution in [0, 0.1) is 0 Å². The maximum atomic E-state index is 9.41. The predicted molar refractivity (Wildman–Crippen MR) is 57.5 cm³/mol. The van der Waals surface area contributed by atoms with Crippen LogP contribution in [0.3, 0.4) is 0 Å². The maximum Gasteiger partial charge on any atom is 3.00 e. The van der Waals surface area contributed by atoms with Crippen LogP contribution in [-0.2, 0) is 67.7 Å². The molecule has 0 unspecified atom stereocenters. The van der Waals surface area contributed by atoms with E-state index < -0.39 is 35.8 Å². The molecule has 0 spiro atoms. The first-order valence-corrected chi connectivity index (χ1v) is 5.18. The van der Waals surface area contributed by atoms with E-state index in [1.165, 1.54) is 0 Å². The zero-order valence-electron chi connectivity index (χ0n) is 12.1. The molecule has 26 heavy (non-hydrogen) atoms.